The van der Waals surface area contributed by atoms with Gasteiger partial charge in [0.05, 0.1) is 28.8 Å². The van der Waals surface area contributed by atoms with Crippen LogP contribution in [0.15, 0.2) is 12.3 Å². The topological polar surface area (TPSA) is 117 Å². The van der Waals surface area contributed by atoms with Gasteiger partial charge in [-0.05, 0) is 39.2 Å². The molecule has 0 saturated heterocycles. The molecule has 3 aliphatic rings. The summed E-state index contributed by atoms with van der Waals surface area (Å²) >= 11 is 5.94. The van der Waals surface area contributed by atoms with Gasteiger partial charge in [-0.15, -0.1) is 0 Å². The molecule has 0 aliphatic heterocycles. The van der Waals surface area contributed by atoms with Crippen LogP contribution in [-0.2, 0) is 4.79 Å². The molecule has 142 valence electrons. The van der Waals surface area contributed by atoms with Crippen LogP contribution in [0.3, 0.4) is 0 Å². The summed E-state index contributed by atoms with van der Waals surface area (Å²) in [6, 6.07) is 1.52. The molecule has 1 aromatic heterocycles. The number of nitrogens with two attached hydrogens (primary N) is 1. The zero-order valence-corrected chi connectivity index (χ0v) is 15.4. The predicted octanol–water partition coefficient (Wildman–Crippen LogP) is 1.39. The lowest BCUT2D eigenvalue weighted by Crippen LogP contribution is -2.74. The molecule has 7 nitrogen and oxygen atoms in total. The Labute approximate surface area is 155 Å². The Hall–Kier alpha value is -1.93. The lowest BCUT2D eigenvalue weighted by molar-refractivity contribution is -0.163. The number of carbonyl (C=O) groups is 2. The average molecular weight is 385 g/mol. The molecule has 0 aromatic carbocycles. The number of aliphatic hydroxyl groups is 1. The minimum atomic E-state index is -1.61. The number of hydrogen-bond donors (Lipinski definition) is 4. The molecule has 3 fully saturated rings. The minimum Gasteiger partial charge on any atom is -0.387 e. The number of alkyl halides is 1. The SMILES string of the molecule is CC(C)(O)[C@H](F)CNC(=O)c1cnc(Cl)cc1NC12CC(C(N)=O)(C1)C2. The Balaban J connectivity index is 1.69. The Kier molecular flexibility index (Phi) is 4.39. The minimum absolute atomic E-state index is 0.208. The molecule has 5 N–H and O–H groups in total. The fraction of sp³-hybridized carbons (Fsp3) is 0.588. The number of halogens is 2. The van der Waals surface area contributed by atoms with Crippen molar-refractivity contribution in [3.05, 3.63) is 23.0 Å². The molecule has 0 spiro atoms. The van der Waals surface area contributed by atoms with Gasteiger partial charge >= 0.3 is 0 Å². The van der Waals surface area contributed by atoms with Crippen LogP contribution >= 0.6 is 11.6 Å². The van der Waals surface area contributed by atoms with Crippen molar-refractivity contribution in [2.45, 2.75) is 50.4 Å². The van der Waals surface area contributed by atoms with E-state index in [0.717, 1.165) is 0 Å². The van der Waals surface area contributed by atoms with Crippen molar-refractivity contribution in [1.82, 2.24) is 10.3 Å². The summed E-state index contributed by atoms with van der Waals surface area (Å²) in [4.78, 5) is 27.8. The lowest BCUT2D eigenvalue weighted by Gasteiger charge is -2.69. The summed E-state index contributed by atoms with van der Waals surface area (Å²) in [7, 11) is 0. The van der Waals surface area contributed by atoms with Crippen molar-refractivity contribution >= 4 is 29.1 Å². The summed E-state index contributed by atoms with van der Waals surface area (Å²) in [5, 5.41) is 15.6. The number of carbonyl (C=O) groups excluding carboxylic acids is 2. The third-order valence-electron chi connectivity index (χ3n) is 5.28. The fourth-order valence-electron chi connectivity index (χ4n) is 3.71. The van der Waals surface area contributed by atoms with Crippen LogP contribution in [-0.4, -0.2) is 45.8 Å². The standard InChI is InChI=1S/C17H22ClFN4O3/c1-15(2,26)11(19)5-22-13(24)9-4-21-12(18)3-10(9)23-17-6-16(7-17,8-17)14(20)25/h3-4,11,26H,5-8H2,1-2H3,(H2,20,25)(H,21,23)(H,22,24)/t11-,16?,17?/m1/s1. The second-order valence-electron chi connectivity index (χ2n) is 7.96. The maximum Gasteiger partial charge on any atom is 0.255 e. The molecule has 1 atom stereocenters. The van der Waals surface area contributed by atoms with E-state index in [1.165, 1.54) is 26.1 Å². The molecule has 9 heteroatoms. The number of nitrogens with zero attached hydrogens (tertiary/aromatic N) is 1. The molecule has 0 radical (unpaired) electrons. The number of anilines is 1. The highest BCUT2D eigenvalue weighted by molar-refractivity contribution is 6.29. The summed E-state index contributed by atoms with van der Waals surface area (Å²) < 4.78 is 13.8. The number of amides is 2. The van der Waals surface area contributed by atoms with Crippen molar-refractivity contribution in [2.75, 3.05) is 11.9 Å². The van der Waals surface area contributed by atoms with Crippen LogP contribution in [0.2, 0.25) is 5.15 Å². The van der Waals surface area contributed by atoms with Gasteiger partial charge in [-0.25, -0.2) is 9.37 Å². The molecule has 1 aromatic rings. The molecule has 2 amide bonds. The Bertz CT molecular complexity index is 745. The molecule has 3 aliphatic carbocycles. The molecule has 1 heterocycles. The highest BCUT2D eigenvalue weighted by Gasteiger charge is 2.71. The van der Waals surface area contributed by atoms with Gasteiger partial charge in [-0.3, -0.25) is 9.59 Å². The van der Waals surface area contributed by atoms with E-state index in [1.54, 1.807) is 0 Å². The number of hydrogen-bond acceptors (Lipinski definition) is 5. The Morgan fingerprint density at radius 3 is 2.62 bits per heavy atom. The van der Waals surface area contributed by atoms with E-state index in [-0.39, 0.29) is 28.7 Å². The van der Waals surface area contributed by atoms with E-state index in [2.05, 4.69) is 15.6 Å². The molecular formula is C17H22ClFN4O3. The highest BCUT2D eigenvalue weighted by atomic mass is 35.5. The van der Waals surface area contributed by atoms with Crippen LogP contribution in [0.4, 0.5) is 10.1 Å². The summed E-state index contributed by atoms with van der Waals surface area (Å²) in [5.74, 6) is -0.827. The number of nitrogens with one attached hydrogen (secondary N) is 2. The molecular weight excluding hydrogens is 363 g/mol. The van der Waals surface area contributed by atoms with Gasteiger partial charge in [-0.2, -0.15) is 0 Å². The number of rotatable bonds is 7. The maximum absolute atomic E-state index is 13.8. The Morgan fingerprint density at radius 2 is 2.08 bits per heavy atom. The first-order valence-electron chi connectivity index (χ1n) is 8.35. The third kappa shape index (κ3) is 3.23. The van der Waals surface area contributed by atoms with Gasteiger partial charge in [0.2, 0.25) is 5.91 Å². The Morgan fingerprint density at radius 1 is 1.46 bits per heavy atom. The second-order valence-corrected chi connectivity index (χ2v) is 8.35. The number of primary amides is 1. The van der Waals surface area contributed by atoms with E-state index < -0.39 is 23.1 Å². The lowest BCUT2D eigenvalue weighted by atomic mass is 9.39. The maximum atomic E-state index is 13.8. The van der Waals surface area contributed by atoms with Crippen LogP contribution < -0.4 is 16.4 Å². The normalized spacial score (nSPS) is 27.7. The highest BCUT2D eigenvalue weighted by Crippen LogP contribution is 2.68. The van der Waals surface area contributed by atoms with E-state index in [9.17, 15) is 19.1 Å². The van der Waals surface area contributed by atoms with Gasteiger partial charge < -0.3 is 21.5 Å². The van der Waals surface area contributed by atoms with Gasteiger partial charge in [0.1, 0.15) is 11.3 Å². The summed E-state index contributed by atoms with van der Waals surface area (Å²) in [5.41, 5.74) is 3.84. The number of aromatic nitrogens is 1. The molecule has 4 rings (SSSR count). The zero-order chi connectivity index (χ0) is 19.3. The zero-order valence-electron chi connectivity index (χ0n) is 14.6. The van der Waals surface area contributed by atoms with Gasteiger partial charge in [0, 0.05) is 11.7 Å². The van der Waals surface area contributed by atoms with Crippen molar-refractivity contribution in [1.29, 1.82) is 0 Å². The van der Waals surface area contributed by atoms with Crippen molar-refractivity contribution < 1.29 is 19.1 Å². The van der Waals surface area contributed by atoms with E-state index in [1.807, 2.05) is 0 Å². The van der Waals surface area contributed by atoms with Crippen LogP contribution in [0.1, 0.15) is 43.5 Å². The smallest absolute Gasteiger partial charge is 0.255 e. The quantitative estimate of drug-likeness (QED) is 0.530. The van der Waals surface area contributed by atoms with Crippen molar-refractivity contribution in [3.63, 3.8) is 0 Å². The first-order chi connectivity index (χ1) is 12.0. The largest absolute Gasteiger partial charge is 0.387 e. The molecule has 0 unspecified atom stereocenters. The fourth-order valence-corrected chi connectivity index (χ4v) is 3.87. The van der Waals surface area contributed by atoms with E-state index in [4.69, 9.17) is 17.3 Å². The molecule has 3 saturated carbocycles. The second kappa shape index (κ2) is 6.06. The summed E-state index contributed by atoms with van der Waals surface area (Å²) in [6.07, 6.45) is 1.54. The van der Waals surface area contributed by atoms with Crippen molar-refractivity contribution in [3.8, 4) is 0 Å². The summed E-state index contributed by atoms with van der Waals surface area (Å²) in [6.45, 7) is 2.33. The average Bonchev–Trinajstić information content (AvgIpc) is 2.45. The first kappa shape index (κ1) is 18.8. The van der Waals surface area contributed by atoms with Gasteiger partial charge in [-0.1, -0.05) is 11.6 Å². The van der Waals surface area contributed by atoms with E-state index in [0.29, 0.717) is 24.9 Å². The monoisotopic (exact) mass is 384 g/mol. The van der Waals surface area contributed by atoms with Crippen LogP contribution in [0.25, 0.3) is 0 Å². The number of pyridine rings is 1. The van der Waals surface area contributed by atoms with Crippen LogP contribution in [0, 0.1) is 5.41 Å². The third-order valence-corrected chi connectivity index (χ3v) is 5.48. The van der Waals surface area contributed by atoms with E-state index >= 15 is 0 Å². The van der Waals surface area contributed by atoms with Gasteiger partial charge in [0.25, 0.3) is 5.91 Å². The predicted molar refractivity (Wildman–Crippen MR) is 94.6 cm³/mol. The molecule has 26 heavy (non-hydrogen) atoms. The van der Waals surface area contributed by atoms with Gasteiger partial charge in [0.15, 0.2) is 0 Å². The first-order valence-corrected chi connectivity index (χ1v) is 8.73. The van der Waals surface area contributed by atoms with Crippen molar-refractivity contribution in [2.24, 2.45) is 11.1 Å². The van der Waals surface area contributed by atoms with Crippen LogP contribution in [0.5, 0.6) is 0 Å². The molecule has 2 bridgehead atoms.